The van der Waals surface area contributed by atoms with E-state index in [1.807, 2.05) is 5.38 Å². The maximum absolute atomic E-state index is 4.91. The van der Waals surface area contributed by atoms with Gasteiger partial charge >= 0.3 is 0 Å². The fourth-order valence-corrected chi connectivity index (χ4v) is 2.87. The summed E-state index contributed by atoms with van der Waals surface area (Å²) in [6.45, 7) is 0.780. The second kappa shape index (κ2) is 5.13. The average Bonchev–Trinajstić information content (AvgIpc) is 2.37. The van der Waals surface area contributed by atoms with Crippen molar-refractivity contribution in [2.24, 2.45) is 0 Å². The molecule has 11 heavy (non-hydrogen) atoms. The third-order valence-electron chi connectivity index (χ3n) is 0.968. The van der Waals surface area contributed by atoms with E-state index >= 15 is 0 Å². The maximum Gasteiger partial charge on any atom is 0.151 e. The molecule has 0 aliphatic carbocycles. The second-order valence-electron chi connectivity index (χ2n) is 1.78. The zero-order chi connectivity index (χ0) is 8.10. The van der Waals surface area contributed by atoms with Crippen molar-refractivity contribution in [3.8, 4) is 0 Å². The highest BCUT2D eigenvalue weighted by Crippen LogP contribution is 2.24. The first kappa shape index (κ1) is 9.51. The molecule has 0 saturated heterocycles. The number of rotatable bonds is 4. The van der Waals surface area contributed by atoms with E-state index in [2.05, 4.69) is 20.9 Å². The zero-order valence-electron chi connectivity index (χ0n) is 6.04. The quantitative estimate of drug-likeness (QED) is 0.609. The highest BCUT2D eigenvalue weighted by atomic mass is 79.9. The van der Waals surface area contributed by atoms with Crippen LogP contribution in [0.5, 0.6) is 0 Å². The molecule has 0 N–H and O–H groups in total. The molecular weight excluding hydrogens is 246 g/mol. The van der Waals surface area contributed by atoms with Crippen LogP contribution in [0.25, 0.3) is 0 Å². The summed E-state index contributed by atoms with van der Waals surface area (Å²) in [6, 6.07) is 0. The number of hydrogen-bond donors (Lipinski definition) is 0. The van der Waals surface area contributed by atoms with Crippen LogP contribution in [0.15, 0.2) is 14.3 Å². The smallest absolute Gasteiger partial charge is 0.151 e. The van der Waals surface area contributed by atoms with Crippen LogP contribution < -0.4 is 0 Å². The average molecular weight is 254 g/mol. The van der Waals surface area contributed by atoms with Crippen LogP contribution in [0.1, 0.15) is 0 Å². The fraction of sp³-hybridized carbons (Fsp3) is 0.500. The molecular formula is C6H8BrNOS2. The van der Waals surface area contributed by atoms with Gasteiger partial charge in [0.05, 0.1) is 6.61 Å². The highest BCUT2D eigenvalue weighted by Gasteiger charge is 1.98. The molecule has 0 radical (unpaired) electrons. The summed E-state index contributed by atoms with van der Waals surface area (Å²) in [7, 11) is 1.71. The van der Waals surface area contributed by atoms with Gasteiger partial charge in [-0.25, -0.2) is 4.98 Å². The summed E-state index contributed by atoms with van der Waals surface area (Å²) in [5.74, 6) is 0.969. The lowest BCUT2D eigenvalue weighted by molar-refractivity contribution is 0.218. The van der Waals surface area contributed by atoms with Crippen molar-refractivity contribution in [2.75, 3.05) is 19.5 Å². The predicted octanol–water partition coefficient (Wildman–Crippen LogP) is 2.64. The van der Waals surface area contributed by atoms with Gasteiger partial charge in [0.1, 0.15) is 4.60 Å². The Labute approximate surface area is 82.5 Å². The Morgan fingerprint density at radius 3 is 3.18 bits per heavy atom. The lowest BCUT2D eigenvalue weighted by Crippen LogP contribution is -1.90. The van der Waals surface area contributed by atoms with Crippen molar-refractivity contribution in [3.05, 3.63) is 9.98 Å². The van der Waals surface area contributed by atoms with Gasteiger partial charge < -0.3 is 4.74 Å². The number of thiazole rings is 1. The number of halogens is 1. The van der Waals surface area contributed by atoms with E-state index < -0.39 is 0 Å². The van der Waals surface area contributed by atoms with Crippen LogP contribution in [0.4, 0.5) is 0 Å². The van der Waals surface area contributed by atoms with E-state index in [1.165, 1.54) is 0 Å². The standard InChI is InChI=1S/C6H8BrNOS2/c1-9-2-3-10-6-8-5(7)4-11-6/h4H,2-3H2,1H3. The molecule has 0 atom stereocenters. The molecule has 0 aromatic carbocycles. The van der Waals surface area contributed by atoms with Gasteiger partial charge in [0.15, 0.2) is 4.34 Å². The molecule has 2 nitrogen and oxygen atoms in total. The van der Waals surface area contributed by atoms with E-state index in [4.69, 9.17) is 4.74 Å². The summed E-state index contributed by atoms with van der Waals surface area (Å²) in [5.41, 5.74) is 0. The molecule has 1 aromatic rings. The summed E-state index contributed by atoms with van der Waals surface area (Å²) in [6.07, 6.45) is 0. The minimum absolute atomic E-state index is 0.780. The van der Waals surface area contributed by atoms with Crippen LogP contribution in [0.2, 0.25) is 0 Å². The minimum Gasteiger partial charge on any atom is -0.384 e. The van der Waals surface area contributed by atoms with Crippen LogP contribution in [0.3, 0.4) is 0 Å². The molecule has 0 fully saturated rings. The van der Waals surface area contributed by atoms with E-state index in [0.717, 1.165) is 21.3 Å². The van der Waals surface area contributed by atoms with Gasteiger partial charge in [0.2, 0.25) is 0 Å². The number of nitrogens with zero attached hydrogens (tertiary/aromatic N) is 1. The summed E-state index contributed by atoms with van der Waals surface area (Å²) in [5, 5.41) is 1.98. The Balaban J connectivity index is 2.27. The summed E-state index contributed by atoms with van der Waals surface area (Å²) >= 11 is 6.66. The predicted molar refractivity (Wildman–Crippen MR) is 52.4 cm³/mol. The first-order valence-electron chi connectivity index (χ1n) is 3.05. The third-order valence-corrected chi connectivity index (χ3v) is 3.66. The number of hydrogen-bond acceptors (Lipinski definition) is 4. The van der Waals surface area contributed by atoms with Gasteiger partial charge in [-0.05, 0) is 15.9 Å². The summed E-state index contributed by atoms with van der Waals surface area (Å²) in [4.78, 5) is 4.23. The second-order valence-corrected chi connectivity index (χ2v) is 4.79. The van der Waals surface area contributed by atoms with Crippen molar-refractivity contribution in [2.45, 2.75) is 4.34 Å². The van der Waals surface area contributed by atoms with Crippen LogP contribution >= 0.6 is 39.0 Å². The van der Waals surface area contributed by atoms with Gasteiger partial charge in [-0.15, -0.1) is 11.3 Å². The number of thioether (sulfide) groups is 1. The molecule has 0 amide bonds. The molecule has 5 heteroatoms. The van der Waals surface area contributed by atoms with Crippen LogP contribution in [-0.4, -0.2) is 24.5 Å². The lowest BCUT2D eigenvalue weighted by Gasteiger charge is -1.94. The number of aromatic nitrogens is 1. The van der Waals surface area contributed by atoms with E-state index in [9.17, 15) is 0 Å². The minimum atomic E-state index is 0.780. The first-order chi connectivity index (χ1) is 5.33. The Morgan fingerprint density at radius 1 is 1.82 bits per heavy atom. The van der Waals surface area contributed by atoms with Gasteiger partial charge in [-0.2, -0.15) is 0 Å². The lowest BCUT2D eigenvalue weighted by atomic mass is 10.9. The molecule has 1 aromatic heterocycles. The molecule has 0 aliphatic rings. The molecule has 62 valence electrons. The monoisotopic (exact) mass is 253 g/mol. The van der Waals surface area contributed by atoms with Crippen LogP contribution in [0, 0.1) is 0 Å². The largest absolute Gasteiger partial charge is 0.384 e. The molecule has 1 rings (SSSR count). The molecule has 0 unspecified atom stereocenters. The normalized spacial score (nSPS) is 10.4. The molecule has 0 saturated carbocycles. The number of methoxy groups -OCH3 is 1. The van der Waals surface area contributed by atoms with Crippen molar-refractivity contribution in [3.63, 3.8) is 0 Å². The SMILES string of the molecule is COCCSc1nc(Br)cs1. The first-order valence-corrected chi connectivity index (χ1v) is 5.71. The Bertz CT molecular complexity index is 216. The highest BCUT2D eigenvalue weighted by molar-refractivity contribution is 9.10. The van der Waals surface area contributed by atoms with Gasteiger partial charge in [0, 0.05) is 18.2 Å². The Morgan fingerprint density at radius 2 is 2.64 bits per heavy atom. The van der Waals surface area contributed by atoms with E-state index in [-0.39, 0.29) is 0 Å². The zero-order valence-corrected chi connectivity index (χ0v) is 9.26. The van der Waals surface area contributed by atoms with E-state index in [0.29, 0.717) is 0 Å². The molecule has 0 bridgehead atoms. The van der Waals surface area contributed by atoms with Crippen molar-refractivity contribution in [1.82, 2.24) is 4.98 Å². The van der Waals surface area contributed by atoms with Gasteiger partial charge in [0.25, 0.3) is 0 Å². The van der Waals surface area contributed by atoms with Crippen LogP contribution in [-0.2, 0) is 4.74 Å². The fourth-order valence-electron chi connectivity index (χ4n) is 0.518. The Kier molecular flexibility index (Phi) is 4.44. The topological polar surface area (TPSA) is 22.1 Å². The van der Waals surface area contributed by atoms with Crippen molar-refractivity contribution >= 4 is 39.0 Å². The summed E-state index contributed by atoms with van der Waals surface area (Å²) < 4.78 is 6.93. The molecule has 1 heterocycles. The van der Waals surface area contributed by atoms with Gasteiger partial charge in [-0.3, -0.25) is 0 Å². The maximum atomic E-state index is 4.91. The van der Waals surface area contributed by atoms with Crippen molar-refractivity contribution < 1.29 is 4.74 Å². The van der Waals surface area contributed by atoms with Gasteiger partial charge in [-0.1, -0.05) is 11.8 Å². The van der Waals surface area contributed by atoms with E-state index in [1.54, 1.807) is 30.2 Å². The molecule has 0 aliphatic heterocycles. The molecule has 0 spiro atoms. The Hall–Kier alpha value is 0.420. The third kappa shape index (κ3) is 3.55. The number of ether oxygens (including phenoxy) is 1. The van der Waals surface area contributed by atoms with Crippen molar-refractivity contribution in [1.29, 1.82) is 0 Å².